The number of hydrogen-bond donors (Lipinski definition) is 3. The van der Waals surface area contributed by atoms with Gasteiger partial charge in [-0.15, -0.1) is 0 Å². The van der Waals surface area contributed by atoms with Crippen molar-refractivity contribution in [3.8, 4) is 5.75 Å². The lowest BCUT2D eigenvalue weighted by atomic mass is 10.0. The van der Waals surface area contributed by atoms with Crippen LogP contribution in [-0.4, -0.2) is 115 Å². The Morgan fingerprint density at radius 1 is 0.922 bits per heavy atom. The zero-order valence-corrected chi connectivity index (χ0v) is 29.9. The first-order valence-electron chi connectivity index (χ1n) is 18.3. The Morgan fingerprint density at radius 3 is 2.37 bits per heavy atom. The molecule has 3 aromatic rings. The summed E-state index contributed by atoms with van der Waals surface area (Å²) in [6.07, 6.45) is 4.91. The van der Waals surface area contributed by atoms with Crippen LogP contribution in [0.25, 0.3) is 10.9 Å². The third kappa shape index (κ3) is 9.39. The molecule has 4 aliphatic rings. The first kappa shape index (κ1) is 35.7. The van der Waals surface area contributed by atoms with Crippen molar-refractivity contribution in [2.45, 2.75) is 55.6 Å². The number of likely N-dealkylation sites (tertiary alicyclic amines) is 1. The van der Waals surface area contributed by atoms with Gasteiger partial charge in [-0.05, 0) is 75.4 Å². The van der Waals surface area contributed by atoms with E-state index in [1.54, 1.807) is 6.07 Å². The molecule has 0 saturated carbocycles. The van der Waals surface area contributed by atoms with Crippen molar-refractivity contribution in [2.75, 3.05) is 82.4 Å². The molecule has 4 fully saturated rings. The van der Waals surface area contributed by atoms with Crippen LogP contribution >= 0.6 is 11.8 Å². The molecule has 4 aliphatic heterocycles. The molecular formula is C37H48FN7O5S. The van der Waals surface area contributed by atoms with Gasteiger partial charge >= 0.3 is 0 Å². The zero-order chi connectivity index (χ0) is 35.2. The van der Waals surface area contributed by atoms with Gasteiger partial charge in [-0.1, -0.05) is 0 Å². The van der Waals surface area contributed by atoms with E-state index in [1.807, 2.05) is 23.9 Å². The molecule has 274 valence electrons. The van der Waals surface area contributed by atoms with E-state index in [0.717, 1.165) is 96.9 Å². The minimum atomic E-state index is -0.607. The SMILES string of the molecule is O=C1CCC(Nc2ccc(N3CCN(CCN4CCC(SCc5nc6cc(OCC7CCOCC7)cc(F)c6c(=O)[nH]5)CC4)CC3)cc2)C(=O)N1. The summed E-state index contributed by atoms with van der Waals surface area (Å²) in [4.78, 5) is 51.2. The number of fused-ring (bicyclic) bond motifs is 1. The summed E-state index contributed by atoms with van der Waals surface area (Å²) in [6.45, 7) is 10.2. The molecule has 4 saturated heterocycles. The summed E-state index contributed by atoms with van der Waals surface area (Å²) in [7, 11) is 0. The molecule has 2 aromatic carbocycles. The number of aromatic amines is 1. The molecule has 0 aliphatic carbocycles. The highest BCUT2D eigenvalue weighted by Crippen LogP contribution is 2.28. The average molecular weight is 722 g/mol. The first-order chi connectivity index (χ1) is 24.9. The van der Waals surface area contributed by atoms with Crippen molar-refractivity contribution >= 4 is 45.9 Å². The van der Waals surface area contributed by atoms with Gasteiger partial charge in [0.25, 0.3) is 5.56 Å². The van der Waals surface area contributed by atoms with E-state index in [0.29, 0.717) is 53.5 Å². The summed E-state index contributed by atoms with van der Waals surface area (Å²) in [5.74, 6) is 0.865. The number of aromatic nitrogens is 2. The van der Waals surface area contributed by atoms with Gasteiger partial charge in [-0.3, -0.25) is 24.6 Å². The molecule has 0 spiro atoms. The van der Waals surface area contributed by atoms with E-state index in [9.17, 15) is 18.8 Å². The van der Waals surface area contributed by atoms with Crippen LogP contribution in [0.15, 0.2) is 41.2 Å². The maximum atomic E-state index is 14.9. The maximum Gasteiger partial charge on any atom is 0.261 e. The number of imide groups is 1. The number of rotatable bonds is 12. The average Bonchev–Trinajstić information content (AvgIpc) is 3.14. The van der Waals surface area contributed by atoms with E-state index in [2.05, 4.69) is 47.4 Å². The molecule has 14 heteroatoms. The second-order valence-corrected chi connectivity index (χ2v) is 15.3. The molecule has 5 heterocycles. The molecular weight excluding hydrogens is 674 g/mol. The van der Waals surface area contributed by atoms with Gasteiger partial charge in [0.15, 0.2) is 0 Å². The van der Waals surface area contributed by atoms with Crippen LogP contribution in [-0.2, 0) is 20.1 Å². The van der Waals surface area contributed by atoms with Crippen molar-refractivity contribution < 1.29 is 23.5 Å². The van der Waals surface area contributed by atoms with E-state index in [4.69, 9.17) is 9.47 Å². The third-order valence-corrected chi connectivity index (χ3v) is 11.9. The highest BCUT2D eigenvalue weighted by atomic mass is 32.2. The van der Waals surface area contributed by atoms with E-state index < -0.39 is 11.4 Å². The molecule has 3 N–H and O–H groups in total. The van der Waals surface area contributed by atoms with Crippen LogP contribution in [0.3, 0.4) is 0 Å². The number of nitrogens with one attached hydrogen (secondary N) is 3. The van der Waals surface area contributed by atoms with Crippen molar-refractivity contribution in [3.63, 3.8) is 0 Å². The van der Waals surface area contributed by atoms with Gasteiger partial charge < -0.3 is 29.6 Å². The van der Waals surface area contributed by atoms with Gasteiger partial charge in [0, 0.05) is 87.7 Å². The lowest BCUT2D eigenvalue weighted by Crippen LogP contribution is -2.49. The number of anilines is 2. The Balaban J connectivity index is 0.810. The molecule has 0 bridgehead atoms. The number of piperidine rings is 2. The normalized spacial score (nSPS) is 21.6. The summed E-state index contributed by atoms with van der Waals surface area (Å²) in [5.41, 5.74) is 1.95. The van der Waals surface area contributed by atoms with Crippen LogP contribution in [0, 0.1) is 11.7 Å². The lowest BCUT2D eigenvalue weighted by Gasteiger charge is -2.38. The summed E-state index contributed by atoms with van der Waals surface area (Å²) in [6, 6.07) is 10.8. The summed E-state index contributed by atoms with van der Waals surface area (Å²) in [5, 5.41) is 6.11. The van der Waals surface area contributed by atoms with Crippen LogP contribution in [0.1, 0.15) is 44.3 Å². The molecule has 2 amide bonds. The first-order valence-corrected chi connectivity index (χ1v) is 19.4. The van der Waals surface area contributed by atoms with E-state index >= 15 is 0 Å². The number of piperazine rings is 1. The van der Waals surface area contributed by atoms with E-state index in [-0.39, 0.29) is 23.2 Å². The molecule has 51 heavy (non-hydrogen) atoms. The number of hydrogen-bond acceptors (Lipinski definition) is 11. The van der Waals surface area contributed by atoms with Gasteiger partial charge in [0.1, 0.15) is 28.8 Å². The Morgan fingerprint density at radius 2 is 1.65 bits per heavy atom. The molecule has 1 unspecified atom stereocenters. The van der Waals surface area contributed by atoms with Crippen LogP contribution < -0.4 is 25.8 Å². The fourth-order valence-electron chi connectivity index (χ4n) is 7.34. The smallest absolute Gasteiger partial charge is 0.261 e. The van der Waals surface area contributed by atoms with Crippen molar-refractivity contribution in [1.29, 1.82) is 0 Å². The number of carbonyl (C=O) groups is 2. The van der Waals surface area contributed by atoms with Crippen molar-refractivity contribution in [2.24, 2.45) is 5.92 Å². The number of carbonyl (C=O) groups excluding carboxylic acids is 2. The second-order valence-electron chi connectivity index (χ2n) is 14.1. The lowest BCUT2D eigenvalue weighted by molar-refractivity contribution is -0.133. The highest BCUT2D eigenvalue weighted by molar-refractivity contribution is 7.99. The molecule has 1 aromatic heterocycles. The van der Waals surface area contributed by atoms with Crippen LogP contribution in [0.4, 0.5) is 15.8 Å². The molecule has 12 nitrogen and oxygen atoms in total. The predicted octanol–water partition coefficient (Wildman–Crippen LogP) is 3.60. The quantitative estimate of drug-likeness (QED) is 0.237. The van der Waals surface area contributed by atoms with Gasteiger partial charge in [0.2, 0.25) is 11.8 Å². The second kappa shape index (κ2) is 16.7. The molecule has 1 atom stereocenters. The number of H-pyrrole nitrogens is 1. The van der Waals surface area contributed by atoms with Gasteiger partial charge in [-0.25, -0.2) is 9.37 Å². The van der Waals surface area contributed by atoms with Crippen molar-refractivity contribution in [3.05, 3.63) is 58.4 Å². The molecule has 0 radical (unpaired) electrons. The van der Waals surface area contributed by atoms with E-state index in [1.165, 1.54) is 11.8 Å². The largest absolute Gasteiger partial charge is 0.493 e. The number of halogens is 1. The predicted molar refractivity (Wildman–Crippen MR) is 197 cm³/mol. The number of thioether (sulfide) groups is 1. The summed E-state index contributed by atoms with van der Waals surface area (Å²) < 4.78 is 26.2. The topological polar surface area (TPSA) is 132 Å². The number of amides is 2. The Bertz CT molecular complexity index is 1720. The highest BCUT2D eigenvalue weighted by Gasteiger charge is 2.27. The minimum Gasteiger partial charge on any atom is -0.493 e. The Kier molecular flexibility index (Phi) is 11.7. The van der Waals surface area contributed by atoms with Gasteiger partial charge in [-0.2, -0.15) is 11.8 Å². The number of nitrogens with zero attached hydrogens (tertiary/aromatic N) is 4. The van der Waals surface area contributed by atoms with Crippen molar-refractivity contribution in [1.82, 2.24) is 25.1 Å². The van der Waals surface area contributed by atoms with Crippen LogP contribution in [0.2, 0.25) is 0 Å². The monoisotopic (exact) mass is 721 g/mol. The fraction of sp³-hybridized carbons (Fsp3) is 0.568. The summed E-state index contributed by atoms with van der Waals surface area (Å²) >= 11 is 1.82. The maximum absolute atomic E-state index is 14.9. The Hall–Kier alpha value is -3.72. The zero-order valence-electron chi connectivity index (χ0n) is 29.0. The Labute approximate surface area is 301 Å². The standard InChI is InChI=1S/C37H48FN7O5S/c38-30-21-28(50-23-25-9-19-49-20-10-25)22-32-35(30)37(48)41-33(40-32)24-51-29-7-11-43(12-8-29)13-14-44-15-17-45(18-16-44)27-3-1-26(2-4-27)39-31-5-6-34(46)42-36(31)47/h1-4,21-22,25,29,31,39H,5-20,23-24H2,(H,40,41,48)(H,42,46,47). The fourth-order valence-corrected chi connectivity index (χ4v) is 8.41. The minimum absolute atomic E-state index is 0.0212. The number of benzene rings is 2. The van der Waals surface area contributed by atoms with Gasteiger partial charge in [0.05, 0.1) is 17.9 Å². The van der Waals surface area contributed by atoms with Crippen LogP contribution in [0.5, 0.6) is 5.75 Å². The number of ether oxygens (including phenoxy) is 2. The molecule has 7 rings (SSSR count). The third-order valence-electron chi connectivity index (χ3n) is 10.5.